The number of pyridine rings is 1. The molecule has 1 aliphatic heterocycles. The van der Waals surface area contributed by atoms with Crippen molar-refractivity contribution in [1.82, 2.24) is 4.98 Å². The van der Waals surface area contributed by atoms with Crippen LogP contribution in [0.2, 0.25) is 0 Å². The number of nitrogens with two attached hydrogens (primary N) is 1. The van der Waals surface area contributed by atoms with Crippen LogP contribution in [0.4, 0.5) is 5.69 Å². The Labute approximate surface area is 114 Å². The van der Waals surface area contributed by atoms with Gasteiger partial charge in [-0.05, 0) is 25.0 Å². The van der Waals surface area contributed by atoms with Gasteiger partial charge in [0.2, 0.25) is 0 Å². The first-order valence-electron chi connectivity index (χ1n) is 6.82. The van der Waals surface area contributed by atoms with Crippen molar-refractivity contribution in [3.63, 3.8) is 0 Å². The Morgan fingerprint density at radius 2 is 2.33 bits per heavy atom. The minimum Gasteiger partial charge on any atom is -0.368 e. The molecule has 1 aromatic heterocycles. The lowest BCUT2D eigenvalue weighted by Gasteiger charge is -2.33. The molecule has 0 radical (unpaired) electrons. The predicted octanol–water partition coefficient (Wildman–Crippen LogP) is 2.82. The maximum atomic E-state index is 5.99. The Morgan fingerprint density at radius 3 is 2.94 bits per heavy atom. The Kier molecular flexibility index (Phi) is 4.89. The average molecular weight is 265 g/mol. The van der Waals surface area contributed by atoms with Crippen LogP contribution in [-0.2, 0) is 0 Å². The highest BCUT2D eigenvalue weighted by Crippen LogP contribution is 2.25. The molecule has 2 heterocycles. The van der Waals surface area contributed by atoms with Crippen LogP contribution in [0.15, 0.2) is 18.3 Å². The highest BCUT2D eigenvalue weighted by Gasteiger charge is 2.19. The Bertz CT molecular complexity index is 366. The third kappa shape index (κ3) is 3.18. The van der Waals surface area contributed by atoms with Gasteiger partial charge in [0.25, 0.3) is 0 Å². The van der Waals surface area contributed by atoms with E-state index in [4.69, 9.17) is 5.73 Å². The second kappa shape index (κ2) is 6.43. The summed E-state index contributed by atoms with van der Waals surface area (Å²) in [5, 5.41) is 0.760. The standard InChI is InChI=1S/C14H23N3S/c1-3-12-10-17(7-8-18-12)11-5-6-14(16-9-11)13(15)4-2/h5-6,9,12-13H,3-4,7-8,10,15H2,1-2H3. The van der Waals surface area contributed by atoms with Crippen LogP contribution in [0.25, 0.3) is 0 Å². The molecule has 2 N–H and O–H groups in total. The normalized spacial score (nSPS) is 21.9. The molecular weight excluding hydrogens is 242 g/mol. The van der Waals surface area contributed by atoms with Gasteiger partial charge in [0, 0.05) is 30.1 Å². The van der Waals surface area contributed by atoms with Crippen LogP contribution >= 0.6 is 11.8 Å². The lowest BCUT2D eigenvalue weighted by atomic mass is 10.1. The fourth-order valence-electron chi connectivity index (χ4n) is 2.21. The fourth-order valence-corrected chi connectivity index (χ4v) is 3.39. The van der Waals surface area contributed by atoms with E-state index in [1.807, 2.05) is 6.20 Å². The first-order valence-corrected chi connectivity index (χ1v) is 7.87. The number of thioether (sulfide) groups is 1. The molecule has 0 saturated carbocycles. The van der Waals surface area contributed by atoms with E-state index >= 15 is 0 Å². The van der Waals surface area contributed by atoms with Gasteiger partial charge in [-0.2, -0.15) is 11.8 Å². The van der Waals surface area contributed by atoms with E-state index in [2.05, 4.69) is 47.6 Å². The highest BCUT2D eigenvalue weighted by atomic mass is 32.2. The van der Waals surface area contributed by atoms with Gasteiger partial charge in [0.15, 0.2) is 0 Å². The monoisotopic (exact) mass is 265 g/mol. The molecule has 1 aliphatic rings. The molecule has 0 aliphatic carbocycles. The zero-order chi connectivity index (χ0) is 13.0. The number of nitrogens with zero attached hydrogens (tertiary/aromatic N) is 2. The fraction of sp³-hybridized carbons (Fsp3) is 0.643. The Morgan fingerprint density at radius 1 is 1.50 bits per heavy atom. The third-order valence-corrected chi connectivity index (χ3v) is 4.92. The molecule has 1 fully saturated rings. The van der Waals surface area contributed by atoms with Crippen LogP contribution in [-0.4, -0.2) is 29.1 Å². The van der Waals surface area contributed by atoms with E-state index in [9.17, 15) is 0 Å². The van der Waals surface area contributed by atoms with E-state index < -0.39 is 0 Å². The zero-order valence-electron chi connectivity index (χ0n) is 11.3. The molecule has 0 amide bonds. The van der Waals surface area contributed by atoms with Crippen molar-refractivity contribution in [1.29, 1.82) is 0 Å². The number of hydrogen-bond acceptors (Lipinski definition) is 4. The van der Waals surface area contributed by atoms with Crippen molar-refractivity contribution in [2.45, 2.75) is 38.0 Å². The molecule has 0 aromatic carbocycles. The molecule has 18 heavy (non-hydrogen) atoms. The SMILES string of the molecule is CCC1CN(c2ccc(C(N)CC)nc2)CCS1. The average Bonchev–Trinajstić information content (AvgIpc) is 2.46. The minimum atomic E-state index is 0.0688. The van der Waals surface area contributed by atoms with Gasteiger partial charge < -0.3 is 10.6 Å². The van der Waals surface area contributed by atoms with Crippen molar-refractivity contribution in [2.24, 2.45) is 5.73 Å². The van der Waals surface area contributed by atoms with Crippen LogP contribution < -0.4 is 10.6 Å². The minimum absolute atomic E-state index is 0.0688. The molecule has 2 atom stereocenters. The first-order chi connectivity index (χ1) is 8.74. The summed E-state index contributed by atoms with van der Waals surface area (Å²) in [5.74, 6) is 1.22. The molecule has 100 valence electrons. The molecule has 0 spiro atoms. The molecule has 1 aromatic rings. The van der Waals surface area contributed by atoms with Gasteiger partial charge in [-0.1, -0.05) is 13.8 Å². The molecule has 2 unspecified atom stereocenters. The number of rotatable bonds is 4. The summed E-state index contributed by atoms with van der Waals surface area (Å²) in [6.07, 6.45) is 4.16. The molecule has 0 bridgehead atoms. The van der Waals surface area contributed by atoms with Crippen LogP contribution in [0.1, 0.15) is 38.4 Å². The molecule has 4 heteroatoms. The molecular formula is C14H23N3S. The maximum absolute atomic E-state index is 5.99. The van der Waals surface area contributed by atoms with Gasteiger partial charge in [0.05, 0.1) is 17.6 Å². The van der Waals surface area contributed by atoms with Crippen LogP contribution in [0, 0.1) is 0 Å². The Balaban J connectivity index is 2.04. The van der Waals surface area contributed by atoms with Crippen molar-refractivity contribution < 1.29 is 0 Å². The number of anilines is 1. The van der Waals surface area contributed by atoms with Crippen LogP contribution in [0.3, 0.4) is 0 Å². The van der Waals surface area contributed by atoms with Gasteiger partial charge in [-0.15, -0.1) is 0 Å². The van der Waals surface area contributed by atoms with Gasteiger partial charge >= 0.3 is 0 Å². The molecule has 3 nitrogen and oxygen atoms in total. The largest absolute Gasteiger partial charge is 0.368 e. The van der Waals surface area contributed by atoms with Gasteiger partial charge in [0.1, 0.15) is 0 Å². The molecule has 2 rings (SSSR count). The third-order valence-electron chi connectivity index (χ3n) is 3.55. The van der Waals surface area contributed by atoms with Gasteiger partial charge in [-0.25, -0.2) is 0 Å². The lowest BCUT2D eigenvalue weighted by Crippen LogP contribution is -2.37. The second-order valence-corrected chi connectivity index (χ2v) is 6.21. The smallest absolute Gasteiger partial charge is 0.0572 e. The number of hydrogen-bond donors (Lipinski definition) is 1. The summed E-state index contributed by atoms with van der Waals surface area (Å²) >= 11 is 2.09. The quantitative estimate of drug-likeness (QED) is 0.909. The van der Waals surface area contributed by atoms with Gasteiger partial charge in [-0.3, -0.25) is 4.98 Å². The zero-order valence-corrected chi connectivity index (χ0v) is 12.1. The van der Waals surface area contributed by atoms with Crippen molar-refractivity contribution >= 4 is 17.4 Å². The van der Waals surface area contributed by atoms with Crippen LogP contribution in [0.5, 0.6) is 0 Å². The highest BCUT2D eigenvalue weighted by molar-refractivity contribution is 8.00. The second-order valence-electron chi connectivity index (χ2n) is 4.80. The summed E-state index contributed by atoms with van der Waals surface area (Å²) in [6, 6.07) is 4.31. The van der Waals surface area contributed by atoms with E-state index in [0.29, 0.717) is 0 Å². The summed E-state index contributed by atoms with van der Waals surface area (Å²) < 4.78 is 0. The van der Waals surface area contributed by atoms with E-state index in [1.54, 1.807) is 0 Å². The number of aromatic nitrogens is 1. The van der Waals surface area contributed by atoms with E-state index in [0.717, 1.165) is 30.5 Å². The lowest BCUT2D eigenvalue weighted by molar-refractivity contribution is 0.673. The van der Waals surface area contributed by atoms with Crippen molar-refractivity contribution in [2.75, 3.05) is 23.7 Å². The maximum Gasteiger partial charge on any atom is 0.0572 e. The van der Waals surface area contributed by atoms with Crippen molar-refractivity contribution in [3.05, 3.63) is 24.0 Å². The first kappa shape index (κ1) is 13.7. The Hall–Kier alpha value is -0.740. The summed E-state index contributed by atoms with van der Waals surface area (Å²) in [6.45, 7) is 6.63. The van der Waals surface area contributed by atoms with E-state index in [-0.39, 0.29) is 6.04 Å². The summed E-state index contributed by atoms with van der Waals surface area (Å²) in [7, 11) is 0. The van der Waals surface area contributed by atoms with Crippen molar-refractivity contribution in [3.8, 4) is 0 Å². The van der Waals surface area contributed by atoms with E-state index in [1.165, 1.54) is 17.9 Å². The molecule has 1 saturated heterocycles. The summed E-state index contributed by atoms with van der Waals surface area (Å²) in [4.78, 5) is 6.95. The topological polar surface area (TPSA) is 42.1 Å². The summed E-state index contributed by atoms with van der Waals surface area (Å²) in [5.41, 5.74) is 8.22. The predicted molar refractivity (Wildman–Crippen MR) is 80.2 cm³/mol.